The Kier molecular flexibility index (Phi) is 7.86. The molecule has 194 valence electrons. The minimum Gasteiger partial charge on any atom is -0.406 e. The fourth-order valence-corrected chi connectivity index (χ4v) is 3.76. The summed E-state index contributed by atoms with van der Waals surface area (Å²) in [6.45, 7) is 0.385. The van der Waals surface area contributed by atoms with Gasteiger partial charge in [-0.25, -0.2) is 0 Å². The van der Waals surface area contributed by atoms with E-state index in [0.717, 1.165) is 17.8 Å². The number of nitro groups is 1. The van der Waals surface area contributed by atoms with Crippen LogP contribution in [0.1, 0.15) is 16.1 Å². The molecule has 1 aromatic heterocycles. The predicted octanol–water partition coefficient (Wildman–Crippen LogP) is 6.46. The average Bonchev–Trinajstić information content (AvgIpc) is 2.89. The van der Waals surface area contributed by atoms with Crippen molar-refractivity contribution in [3.63, 3.8) is 0 Å². The number of nitrogens with zero attached hydrogens (tertiary/aromatic N) is 2. The molecule has 0 saturated carbocycles. The van der Waals surface area contributed by atoms with E-state index >= 15 is 0 Å². The van der Waals surface area contributed by atoms with E-state index in [-0.39, 0.29) is 22.6 Å². The van der Waals surface area contributed by atoms with E-state index in [1.807, 2.05) is 12.1 Å². The van der Waals surface area contributed by atoms with Crippen molar-refractivity contribution < 1.29 is 27.6 Å². The number of rotatable bonds is 9. The highest BCUT2D eigenvalue weighted by Crippen LogP contribution is 2.32. The zero-order valence-electron chi connectivity index (χ0n) is 19.7. The van der Waals surface area contributed by atoms with Crippen molar-refractivity contribution >= 4 is 23.0 Å². The van der Waals surface area contributed by atoms with Gasteiger partial charge in [0.25, 0.3) is 11.6 Å². The van der Waals surface area contributed by atoms with Crippen molar-refractivity contribution in [1.82, 2.24) is 4.98 Å². The summed E-state index contributed by atoms with van der Waals surface area (Å²) in [7, 11) is 0. The van der Waals surface area contributed by atoms with E-state index in [1.54, 1.807) is 42.6 Å². The van der Waals surface area contributed by atoms with Gasteiger partial charge in [0.05, 0.1) is 10.5 Å². The van der Waals surface area contributed by atoms with Crippen molar-refractivity contribution in [3.8, 4) is 16.9 Å². The van der Waals surface area contributed by atoms with Gasteiger partial charge >= 0.3 is 6.36 Å². The van der Waals surface area contributed by atoms with Crippen molar-refractivity contribution in [2.75, 3.05) is 17.2 Å². The SMILES string of the molecule is O=C(Nc1ccc(NCCc2ccccn2)c([N+](=O)[O-])c1)c1cc(OC(F)(F)F)ccc1-c1ccccc1. The summed E-state index contributed by atoms with van der Waals surface area (Å²) >= 11 is 0. The topological polar surface area (TPSA) is 106 Å². The normalized spacial score (nSPS) is 11.0. The number of benzene rings is 3. The lowest BCUT2D eigenvalue weighted by Crippen LogP contribution is -2.18. The quantitative estimate of drug-likeness (QED) is 0.193. The first kappa shape index (κ1) is 26.1. The van der Waals surface area contributed by atoms with Crippen LogP contribution in [0.5, 0.6) is 5.75 Å². The first-order valence-corrected chi connectivity index (χ1v) is 11.4. The molecule has 1 amide bonds. The Morgan fingerprint density at radius 1 is 0.974 bits per heavy atom. The molecule has 0 aliphatic heterocycles. The van der Waals surface area contributed by atoms with E-state index in [4.69, 9.17) is 0 Å². The van der Waals surface area contributed by atoms with Crippen LogP contribution in [0.3, 0.4) is 0 Å². The van der Waals surface area contributed by atoms with E-state index in [2.05, 4.69) is 20.4 Å². The molecular weight excluding hydrogens is 501 g/mol. The van der Waals surface area contributed by atoms with Crippen molar-refractivity contribution in [1.29, 1.82) is 0 Å². The number of anilines is 2. The Morgan fingerprint density at radius 3 is 2.42 bits per heavy atom. The standard InChI is InChI=1S/C27H21F3N4O4/c28-27(29,30)38-21-10-11-22(18-6-2-1-3-7-18)23(17-21)26(35)33-20-9-12-24(25(16-20)34(36)37)32-15-13-19-8-4-5-14-31-19/h1-12,14,16-17,32H,13,15H2,(H,33,35). The number of nitro benzene ring substituents is 1. The highest BCUT2D eigenvalue weighted by molar-refractivity contribution is 6.09. The third kappa shape index (κ3) is 6.84. The van der Waals surface area contributed by atoms with Crippen LogP contribution < -0.4 is 15.4 Å². The van der Waals surface area contributed by atoms with E-state index < -0.39 is 22.9 Å². The van der Waals surface area contributed by atoms with Crippen LogP contribution in [0.25, 0.3) is 11.1 Å². The molecule has 0 fully saturated rings. The number of hydrogen-bond donors (Lipinski definition) is 2. The monoisotopic (exact) mass is 522 g/mol. The van der Waals surface area contributed by atoms with Gasteiger partial charge in [0.15, 0.2) is 0 Å². The third-order valence-electron chi connectivity index (χ3n) is 5.43. The number of hydrogen-bond acceptors (Lipinski definition) is 6. The second kappa shape index (κ2) is 11.4. The lowest BCUT2D eigenvalue weighted by atomic mass is 9.98. The Balaban J connectivity index is 1.57. The van der Waals surface area contributed by atoms with Crippen molar-refractivity contribution in [3.05, 3.63) is 112 Å². The molecule has 4 aromatic rings. The second-order valence-electron chi connectivity index (χ2n) is 8.06. The maximum atomic E-state index is 13.2. The minimum atomic E-state index is -4.94. The Morgan fingerprint density at radius 2 is 1.74 bits per heavy atom. The zero-order valence-corrected chi connectivity index (χ0v) is 19.7. The fraction of sp³-hybridized carbons (Fsp3) is 0.111. The Bertz CT molecular complexity index is 1430. The molecule has 4 rings (SSSR count). The molecule has 0 saturated heterocycles. The second-order valence-corrected chi connectivity index (χ2v) is 8.06. The molecule has 0 bridgehead atoms. The van der Waals surface area contributed by atoms with Gasteiger partial charge in [-0.2, -0.15) is 0 Å². The van der Waals surface area contributed by atoms with E-state index in [9.17, 15) is 28.1 Å². The number of nitrogens with one attached hydrogen (secondary N) is 2. The number of carbonyl (C=O) groups excluding carboxylic acids is 1. The van der Waals surface area contributed by atoms with Crippen LogP contribution >= 0.6 is 0 Å². The molecular formula is C27H21F3N4O4. The lowest BCUT2D eigenvalue weighted by Gasteiger charge is -2.15. The molecule has 0 unspecified atom stereocenters. The molecule has 0 spiro atoms. The minimum absolute atomic E-state index is 0.0955. The number of alkyl halides is 3. The van der Waals surface area contributed by atoms with Crippen LogP contribution in [-0.2, 0) is 6.42 Å². The number of aromatic nitrogens is 1. The maximum Gasteiger partial charge on any atom is 0.573 e. The predicted molar refractivity (Wildman–Crippen MR) is 136 cm³/mol. The van der Waals surface area contributed by atoms with Gasteiger partial charge in [0, 0.05) is 36.6 Å². The molecule has 0 aliphatic rings. The summed E-state index contributed by atoms with van der Waals surface area (Å²) in [6, 6.07) is 21.6. The summed E-state index contributed by atoms with van der Waals surface area (Å²) < 4.78 is 42.4. The number of pyridine rings is 1. The van der Waals surface area contributed by atoms with Crippen molar-refractivity contribution in [2.24, 2.45) is 0 Å². The van der Waals surface area contributed by atoms with Gasteiger partial charge in [0.2, 0.25) is 0 Å². The van der Waals surface area contributed by atoms with Gasteiger partial charge in [-0.1, -0.05) is 36.4 Å². The highest BCUT2D eigenvalue weighted by Gasteiger charge is 2.31. The number of amides is 1. The lowest BCUT2D eigenvalue weighted by molar-refractivity contribution is -0.383. The van der Waals surface area contributed by atoms with Crippen molar-refractivity contribution in [2.45, 2.75) is 12.8 Å². The zero-order chi connectivity index (χ0) is 27.1. The van der Waals surface area contributed by atoms with E-state index in [0.29, 0.717) is 24.1 Å². The molecule has 0 atom stereocenters. The maximum absolute atomic E-state index is 13.2. The van der Waals surface area contributed by atoms with Crippen LogP contribution in [0.4, 0.5) is 30.2 Å². The summed E-state index contributed by atoms with van der Waals surface area (Å²) in [6.07, 6.45) is -2.75. The Labute approximate surface area is 215 Å². The molecule has 8 nitrogen and oxygen atoms in total. The van der Waals surface area contributed by atoms with E-state index in [1.165, 1.54) is 24.3 Å². The fourth-order valence-electron chi connectivity index (χ4n) is 3.76. The molecule has 0 aliphatic carbocycles. The summed E-state index contributed by atoms with van der Waals surface area (Å²) in [5.41, 5.74) is 1.74. The van der Waals surface area contributed by atoms with Gasteiger partial charge < -0.3 is 15.4 Å². The van der Waals surface area contributed by atoms with Gasteiger partial charge in [-0.3, -0.25) is 19.9 Å². The highest BCUT2D eigenvalue weighted by atomic mass is 19.4. The van der Waals surface area contributed by atoms with Crippen LogP contribution in [-0.4, -0.2) is 28.7 Å². The third-order valence-corrected chi connectivity index (χ3v) is 5.43. The molecule has 2 N–H and O–H groups in total. The smallest absolute Gasteiger partial charge is 0.406 e. The summed E-state index contributed by atoms with van der Waals surface area (Å²) in [5.74, 6) is -1.33. The first-order valence-electron chi connectivity index (χ1n) is 11.4. The summed E-state index contributed by atoms with van der Waals surface area (Å²) in [5, 5.41) is 17.2. The van der Waals surface area contributed by atoms with Crippen LogP contribution in [0.2, 0.25) is 0 Å². The number of ether oxygens (including phenoxy) is 1. The number of carbonyl (C=O) groups is 1. The molecule has 3 aromatic carbocycles. The Hall–Kier alpha value is -4.93. The summed E-state index contributed by atoms with van der Waals surface area (Å²) in [4.78, 5) is 28.5. The van der Waals surface area contributed by atoms with Gasteiger partial charge in [0.1, 0.15) is 11.4 Å². The van der Waals surface area contributed by atoms with Gasteiger partial charge in [-0.05, 0) is 53.6 Å². The average molecular weight is 522 g/mol. The molecule has 0 radical (unpaired) electrons. The van der Waals surface area contributed by atoms with Crippen LogP contribution in [0, 0.1) is 10.1 Å². The molecule has 11 heteroatoms. The first-order chi connectivity index (χ1) is 18.2. The van der Waals surface area contributed by atoms with Gasteiger partial charge in [-0.15, -0.1) is 13.2 Å². The number of halogens is 3. The largest absolute Gasteiger partial charge is 0.573 e. The molecule has 1 heterocycles. The van der Waals surface area contributed by atoms with Crippen LogP contribution in [0.15, 0.2) is 91.1 Å². The molecule has 38 heavy (non-hydrogen) atoms.